The van der Waals surface area contributed by atoms with Crippen molar-refractivity contribution in [2.24, 2.45) is 0 Å². The van der Waals surface area contributed by atoms with Crippen LogP contribution in [0.25, 0.3) is 0 Å². The van der Waals surface area contributed by atoms with Crippen LogP contribution in [0.3, 0.4) is 0 Å². The summed E-state index contributed by atoms with van der Waals surface area (Å²) in [5.74, 6) is -0.427. The van der Waals surface area contributed by atoms with Gasteiger partial charge in [-0.1, -0.05) is 39.5 Å². The first-order chi connectivity index (χ1) is 14.1. The van der Waals surface area contributed by atoms with Gasteiger partial charge in [-0.25, -0.2) is 0 Å². The number of nitrogens with zero attached hydrogens (tertiary/aromatic N) is 1. The van der Waals surface area contributed by atoms with E-state index in [2.05, 4.69) is 34.7 Å². The summed E-state index contributed by atoms with van der Waals surface area (Å²) in [5.41, 5.74) is 1.99. The molecule has 0 aliphatic carbocycles. The Morgan fingerprint density at radius 3 is 2.21 bits per heavy atom. The minimum atomic E-state index is -0.335. The Balaban J connectivity index is 1.53. The van der Waals surface area contributed by atoms with E-state index in [9.17, 15) is 9.59 Å². The topological polar surface area (TPSA) is 73.5 Å². The van der Waals surface area contributed by atoms with Crippen LogP contribution in [0.4, 0.5) is 11.4 Å². The van der Waals surface area contributed by atoms with Gasteiger partial charge in [-0.3, -0.25) is 14.9 Å². The molecule has 1 aromatic carbocycles. The van der Waals surface area contributed by atoms with E-state index in [1.165, 1.54) is 45.1 Å². The molecule has 0 radical (unpaired) electrons. The number of rotatable bonds is 14. The summed E-state index contributed by atoms with van der Waals surface area (Å²) in [7, 11) is 0. The number of unbranched alkanes of at least 4 members (excludes halogenated alkanes) is 5. The van der Waals surface area contributed by atoms with Gasteiger partial charge in [0.1, 0.15) is 6.04 Å². The molecule has 1 atom stereocenters. The van der Waals surface area contributed by atoms with Crippen molar-refractivity contribution < 1.29 is 9.59 Å². The second-order valence-electron chi connectivity index (χ2n) is 7.80. The van der Waals surface area contributed by atoms with Crippen molar-refractivity contribution >= 4 is 23.2 Å². The van der Waals surface area contributed by atoms with Gasteiger partial charge in [0.05, 0.1) is 0 Å². The van der Waals surface area contributed by atoms with Crippen molar-refractivity contribution in [1.82, 2.24) is 10.2 Å². The fourth-order valence-corrected chi connectivity index (χ4v) is 3.66. The second-order valence-corrected chi connectivity index (χ2v) is 7.80. The highest BCUT2D eigenvalue weighted by Gasteiger charge is 2.26. The molecule has 1 heterocycles. The third kappa shape index (κ3) is 8.86. The van der Waals surface area contributed by atoms with Crippen molar-refractivity contribution in [3.63, 3.8) is 0 Å². The maximum atomic E-state index is 11.8. The molecule has 1 saturated heterocycles. The van der Waals surface area contributed by atoms with Gasteiger partial charge in [0.2, 0.25) is 11.8 Å². The van der Waals surface area contributed by atoms with Crippen LogP contribution < -0.4 is 16.0 Å². The SMILES string of the molecule is CCN(CC)CCCCCCCCNc1ccc(NC2CCC(=O)NC2=O)cc1. The van der Waals surface area contributed by atoms with Crippen molar-refractivity contribution in [3.8, 4) is 0 Å². The van der Waals surface area contributed by atoms with Gasteiger partial charge >= 0.3 is 0 Å². The zero-order valence-electron chi connectivity index (χ0n) is 18.1. The molecule has 1 aromatic rings. The number of carbonyl (C=O) groups is 2. The first kappa shape index (κ1) is 23.2. The minimum Gasteiger partial charge on any atom is -0.385 e. The van der Waals surface area contributed by atoms with E-state index in [0.717, 1.165) is 31.0 Å². The van der Waals surface area contributed by atoms with Crippen molar-refractivity contribution in [2.45, 2.75) is 71.3 Å². The molecule has 6 heteroatoms. The molecule has 1 unspecified atom stereocenters. The second kappa shape index (κ2) is 13.2. The average molecular weight is 403 g/mol. The normalized spacial score (nSPS) is 16.7. The number of imide groups is 1. The summed E-state index contributed by atoms with van der Waals surface area (Å²) in [4.78, 5) is 25.5. The van der Waals surface area contributed by atoms with E-state index in [1.54, 1.807) is 0 Å². The van der Waals surface area contributed by atoms with Crippen molar-refractivity contribution in [2.75, 3.05) is 36.8 Å². The molecule has 1 fully saturated rings. The highest BCUT2D eigenvalue weighted by Crippen LogP contribution is 2.17. The number of anilines is 2. The number of carbonyl (C=O) groups excluding carboxylic acids is 2. The number of amides is 2. The van der Waals surface area contributed by atoms with Gasteiger partial charge in [-0.15, -0.1) is 0 Å². The predicted molar refractivity (Wildman–Crippen MR) is 120 cm³/mol. The van der Waals surface area contributed by atoms with E-state index in [0.29, 0.717) is 12.8 Å². The molecule has 6 nitrogen and oxygen atoms in total. The fraction of sp³-hybridized carbons (Fsp3) is 0.652. The largest absolute Gasteiger partial charge is 0.385 e. The number of hydrogen-bond acceptors (Lipinski definition) is 5. The summed E-state index contributed by atoms with van der Waals surface area (Å²) >= 11 is 0. The molecule has 29 heavy (non-hydrogen) atoms. The van der Waals surface area contributed by atoms with Crippen LogP contribution in [-0.4, -0.2) is 48.9 Å². The van der Waals surface area contributed by atoms with Crippen molar-refractivity contribution in [3.05, 3.63) is 24.3 Å². The van der Waals surface area contributed by atoms with Crippen LogP contribution in [-0.2, 0) is 9.59 Å². The van der Waals surface area contributed by atoms with Crippen LogP contribution in [0.15, 0.2) is 24.3 Å². The first-order valence-corrected chi connectivity index (χ1v) is 11.3. The number of nitrogens with one attached hydrogen (secondary N) is 3. The molecule has 162 valence electrons. The monoisotopic (exact) mass is 402 g/mol. The summed E-state index contributed by atoms with van der Waals surface area (Å²) in [6, 6.07) is 7.67. The van der Waals surface area contributed by atoms with E-state index in [1.807, 2.05) is 24.3 Å². The third-order valence-electron chi connectivity index (χ3n) is 5.59. The minimum absolute atomic E-state index is 0.188. The van der Waals surface area contributed by atoms with Crippen LogP contribution >= 0.6 is 0 Å². The quantitative estimate of drug-likeness (QED) is 0.324. The zero-order valence-corrected chi connectivity index (χ0v) is 18.1. The lowest BCUT2D eigenvalue weighted by molar-refractivity contribution is -0.133. The molecule has 0 spiro atoms. The van der Waals surface area contributed by atoms with E-state index in [4.69, 9.17) is 0 Å². The van der Waals surface area contributed by atoms with Crippen molar-refractivity contribution in [1.29, 1.82) is 0 Å². The Morgan fingerprint density at radius 1 is 0.931 bits per heavy atom. The van der Waals surface area contributed by atoms with Gasteiger partial charge < -0.3 is 15.5 Å². The van der Waals surface area contributed by atoms with Gasteiger partial charge in [0, 0.05) is 24.3 Å². The summed E-state index contributed by atoms with van der Waals surface area (Å²) in [6.45, 7) is 9.02. The zero-order chi connectivity index (χ0) is 20.9. The molecular weight excluding hydrogens is 364 g/mol. The molecule has 2 amide bonds. The average Bonchev–Trinajstić information content (AvgIpc) is 2.73. The molecule has 1 aliphatic heterocycles. The third-order valence-corrected chi connectivity index (χ3v) is 5.59. The van der Waals surface area contributed by atoms with Gasteiger partial charge in [-0.05, 0) is 63.2 Å². The Hall–Kier alpha value is -2.08. The van der Waals surface area contributed by atoms with Gasteiger partial charge in [-0.2, -0.15) is 0 Å². The molecule has 0 aromatic heterocycles. The number of piperidine rings is 1. The molecule has 0 saturated carbocycles. The Labute approximate surface area is 175 Å². The lowest BCUT2D eigenvalue weighted by Gasteiger charge is -2.22. The number of benzene rings is 1. The predicted octanol–water partition coefficient (Wildman–Crippen LogP) is 4.00. The lowest BCUT2D eigenvalue weighted by Crippen LogP contribution is -2.47. The van der Waals surface area contributed by atoms with Gasteiger partial charge in [0.25, 0.3) is 0 Å². The Morgan fingerprint density at radius 2 is 1.55 bits per heavy atom. The molecule has 0 bridgehead atoms. The first-order valence-electron chi connectivity index (χ1n) is 11.3. The Bertz CT molecular complexity index is 614. The smallest absolute Gasteiger partial charge is 0.249 e. The molecule has 3 N–H and O–H groups in total. The highest BCUT2D eigenvalue weighted by atomic mass is 16.2. The van der Waals surface area contributed by atoms with Crippen LogP contribution in [0.5, 0.6) is 0 Å². The maximum Gasteiger partial charge on any atom is 0.249 e. The van der Waals surface area contributed by atoms with E-state index in [-0.39, 0.29) is 17.9 Å². The summed E-state index contributed by atoms with van der Waals surface area (Å²) in [5, 5.41) is 9.03. The summed E-state index contributed by atoms with van der Waals surface area (Å²) in [6.07, 6.45) is 8.69. The molecule has 1 aliphatic rings. The van der Waals surface area contributed by atoms with Crippen LogP contribution in [0.2, 0.25) is 0 Å². The molecule has 2 rings (SSSR count). The van der Waals surface area contributed by atoms with E-state index >= 15 is 0 Å². The highest BCUT2D eigenvalue weighted by molar-refractivity contribution is 6.01. The standard InChI is InChI=1S/C23H38N4O2/c1-3-27(4-2)18-10-8-6-5-7-9-17-24-19-11-13-20(14-12-19)25-21-15-16-22(28)26-23(21)29/h11-14,21,24-25H,3-10,15-18H2,1-2H3,(H,26,28,29). The molecular formula is C23H38N4O2. The summed E-state index contributed by atoms with van der Waals surface area (Å²) < 4.78 is 0. The fourth-order valence-electron chi connectivity index (χ4n) is 3.66. The number of hydrogen-bond donors (Lipinski definition) is 3. The lowest BCUT2D eigenvalue weighted by atomic mass is 10.1. The van der Waals surface area contributed by atoms with E-state index < -0.39 is 0 Å². The van der Waals surface area contributed by atoms with Gasteiger partial charge in [0.15, 0.2) is 0 Å². The Kier molecular flexibility index (Phi) is 10.6. The van der Waals surface area contributed by atoms with Crippen LogP contribution in [0.1, 0.15) is 65.2 Å². The van der Waals surface area contributed by atoms with Crippen LogP contribution in [0, 0.1) is 0 Å². The maximum absolute atomic E-state index is 11.8.